The summed E-state index contributed by atoms with van der Waals surface area (Å²) in [5.41, 5.74) is 0.701. The molecule has 1 unspecified atom stereocenters. The van der Waals surface area contributed by atoms with Crippen LogP contribution in [-0.2, 0) is 4.79 Å². The van der Waals surface area contributed by atoms with Gasteiger partial charge in [0, 0.05) is 19.3 Å². The average Bonchev–Trinajstić information content (AvgIpc) is 2.95. The summed E-state index contributed by atoms with van der Waals surface area (Å²) in [7, 11) is 3.22. The van der Waals surface area contributed by atoms with Crippen LogP contribution in [0.1, 0.15) is 12.8 Å². The summed E-state index contributed by atoms with van der Waals surface area (Å²) in [5.74, 6) is -0.238. The maximum atomic E-state index is 12.4. The SMILES string of the molecule is COc1ccc(N(C)C(=O)N2CCCC2C(=O)O)cc1. The maximum absolute atomic E-state index is 12.4. The molecule has 6 nitrogen and oxygen atoms in total. The number of benzene rings is 1. The Kier molecular flexibility index (Phi) is 4.12. The molecule has 1 aromatic carbocycles. The van der Waals surface area contributed by atoms with Gasteiger partial charge in [0.25, 0.3) is 0 Å². The molecule has 0 spiro atoms. The number of ether oxygens (including phenoxy) is 1. The lowest BCUT2D eigenvalue weighted by molar-refractivity contribution is -0.141. The fraction of sp³-hybridized carbons (Fsp3) is 0.429. The fourth-order valence-corrected chi connectivity index (χ4v) is 2.36. The van der Waals surface area contributed by atoms with Crippen LogP contribution in [0.3, 0.4) is 0 Å². The van der Waals surface area contributed by atoms with Crippen LogP contribution < -0.4 is 9.64 Å². The molecular weight excluding hydrogens is 260 g/mol. The van der Waals surface area contributed by atoms with Crippen LogP contribution in [0.2, 0.25) is 0 Å². The second-order valence-corrected chi connectivity index (χ2v) is 4.73. The van der Waals surface area contributed by atoms with E-state index < -0.39 is 12.0 Å². The van der Waals surface area contributed by atoms with E-state index >= 15 is 0 Å². The zero-order chi connectivity index (χ0) is 14.7. The van der Waals surface area contributed by atoms with Crippen molar-refractivity contribution in [3.8, 4) is 5.75 Å². The molecule has 1 aromatic rings. The summed E-state index contributed by atoms with van der Waals surface area (Å²) in [4.78, 5) is 26.4. The Bertz CT molecular complexity index is 500. The lowest BCUT2D eigenvalue weighted by atomic mass is 10.2. The topological polar surface area (TPSA) is 70.1 Å². The highest BCUT2D eigenvalue weighted by Gasteiger charge is 2.35. The second kappa shape index (κ2) is 5.81. The van der Waals surface area contributed by atoms with Crippen molar-refractivity contribution >= 4 is 17.7 Å². The molecule has 0 bridgehead atoms. The van der Waals surface area contributed by atoms with Crippen LogP contribution in [0.15, 0.2) is 24.3 Å². The quantitative estimate of drug-likeness (QED) is 0.915. The van der Waals surface area contributed by atoms with Gasteiger partial charge in [0.15, 0.2) is 0 Å². The minimum atomic E-state index is -0.945. The first-order valence-electron chi connectivity index (χ1n) is 6.45. The van der Waals surface area contributed by atoms with Crippen molar-refractivity contribution in [1.82, 2.24) is 4.90 Å². The first-order chi connectivity index (χ1) is 9.54. The van der Waals surface area contributed by atoms with Gasteiger partial charge in [0.2, 0.25) is 0 Å². The third-order valence-corrected chi connectivity index (χ3v) is 3.53. The van der Waals surface area contributed by atoms with Gasteiger partial charge in [0.05, 0.1) is 7.11 Å². The Morgan fingerprint density at radius 2 is 2.00 bits per heavy atom. The highest BCUT2D eigenvalue weighted by atomic mass is 16.5. The number of carboxylic acids is 1. The zero-order valence-electron chi connectivity index (χ0n) is 11.6. The number of rotatable bonds is 3. The third kappa shape index (κ3) is 2.68. The Hall–Kier alpha value is -2.24. The maximum Gasteiger partial charge on any atom is 0.326 e. The van der Waals surface area contributed by atoms with E-state index in [0.717, 1.165) is 6.42 Å². The van der Waals surface area contributed by atoms with Crippen molar-refractivity contribution < 1.29 is 19.4 Å². The van der Waals surface area contributed by atoms with E-state index in [4.69, 9.17) is 9.84 Å². The molecule has 1 N–H and O–H groups in total. The number of nitrogens with zero attached hydrogens (tertiary/aromatic N) is 2. The van der Waals surface area contributed by atoms with E-state index in [-0.39, 0.29) is 6.03 Å². The highest BCUT2D eigenvalue weighted by molar-refractivity contribution is 5.94. The summed E-state index contributed by atoms with van der Waals surface area (Å²) in [6, 6.07) is 6.05. The number of likely N-dealkylation sites (tertiary alicyclic amines) is 1. The lowest BCUT2D eigenvalue weighted by Crippen LogP contribution is -2.46. The molecule has 1 aliphatic heterocycles. The molecule has 1 fully saturated rings. The van der Waals surface area contributed by atoms with Gasteiger partial charge in [-0.05, 0) is 37.1 Å². The van der Waals surface area contributed by atoms with Crippen LogP contribution in [0, 0.1) is 0 Å². The number of carboxylic acid groups (broad SMARTS) is 1. The molecule has 0 aromatic heterocycles. The van der Waals surface area contributed by atoms with Crippen molar-refractivity contribution in [2.45, 2.75) is 18.9 Å². The van der Waals surface area contributed by atoms with Gasteiger partial charge in [-0.25, -0.2) is 9.59 Å². The number of urea groups is 1. The number of carbonyl (C=O) groups excluding carboxylic acids is 1. The van der Waals surface area contributed by atoms with Gasteiger partial charge >= 0.3 is 12.0 Å². The number of hydrogen-bond acceptors (Lipinski definition) is 3. The van der Waals surface area contributed by atoms with Crippen LogP contribution >= 0.6 is 0 Å². The smallest absolute Gasteiger partial charge is 0.326 e. The van der Waals surface area contributed by atoms with Gasteiger partial charge in [-0.3, -0.25) is 4.90 Å². The van der Waals surface area contributed by atoms with Crippen LogP contribution in [-0.4, -0.2) is 48.8 Å². The van der Waals surface area contributed by atoms with E-state index in [1.807, 2.05) is 0 Å². The molecule has 1 aliphatic rings. The van der Waals surface area contributed by atoms with Crippen molar-refractivity contribution in [3.63, 3.8) is 0 Å². The van der Waals surface area contributed by atoms with Crippen LogP contribution in [0.5, 0.6) is 5.75 Å². The summed E-state index contributed by atoms with van der Waals surface area (Å²) in [6.07, 6.45) is 1.23. The number of hydrogen-bond donors (Lipinski definition) is 1. The molecule has 1 saturated heterocycles. The van der Waals surface area contributed by atoms with Crippen molar-refractivity contribution in [1.29, 1.82) is 0 Å². The van der Waals surface area contributed by atoms with Gasteiger partial charge < -0.3 is 14.7 Å². The predicted molar refractivity (Wildman–Crippen MR) is 74.2 cm³/mol. The molecule has 2 amide bonds. The number of aliphatic carboxylic acids is 1. The average molecular weight is 278 g/mol. The summed E-state index contributed by atoms with van der Waals surface area (Å²) in [5, 5.41) is 9.12. The molecule has 1 heterocycles. The first-order valence-corrected chi connectivity index (χ1v) is 6.45. The molecule has 1 atom stereocenters. The monoisotopic (exact) mass is 278 g/mol. The van der Waals surface area contributed by atoms with Gasteiger partial charge in [-0.15, -0.1) is 0 Å². The van der Waals surface area contributed by atoms with E-state index in [1.54, 1.807) is 38.4 Å². The number of methoxy groups -OCH3 is 1. The molecular formula is C14H18N2O4. The molecule has 0 saturated carbocycles. The summed E-state index contributed by atoms with van der Waals surface area (Å²) in [6.45, 7) is 0.482. The Labute approximate surface area is 117 Å². The largest absolute Gasteiger partial charge is 0.497 e. The van der Waals surface area contributed by atoms with Crippen LogP contribution in [0.25, 0.3) is 0 Å². The molecule has 20 heavy (non-hydrogen) atoms. The zero-order valence-corrected chi connectivity index (χ0v) is 11.6. The molecule has 0 aliphatic carbocycles. The van der Waals surface area contributed by atoms with Crippen LogP contribution in [0.4, 0.5) is 10.5 Å². The number of amides is 2. The van der Waals surface area contributed by atoms with E-state index in [1.165, 1.54) is 9.80 Å². The third-order valence-electron chi connectivity index (χ3n) is 3.53. The second-order valence-electron chi connectivity index (χ2n) is 4.73. The predicted octanol–water partition coefficient (Wildman–Crippen LogP) is 1.80. The highest BCUT2D eigenvalue weighted by Crippen LogP contribution is 2.23. The molecule has 108 valence electrons. The number of anilines is 1. The molecule has 6 heteroatoms. The molecule has 2 rings (SSSR count). The number of carbonyl (C=O) groups is 2. The van der Waals surface area contributed by atoms with Crippen molar-refractivity contribution in [2.24, 2.45) is 0 Å². The summed E-state index contributed by atoms with van der Waals surface area (Å²) >= 11 is 0. The normalized spacial score (nSPS) is 17.9. The fourth-order valence-electron chi connectivity index (χ4n) is 2.36. The standard InChI is InChI=1S/C14H18N2O4/c1-15(10-5-7-11(20-2)8-6-10)14(19)16-9-3-4-12(16)13(17)18/h5-8,12H,3-4,9H2,1-2H3,(H,17,18). The van der Waals surface area contributed by atoms with Crippen molar-refractivity contribution in [3.05, 3.63) is 24.3 Å². The first kappa shape index (κ1) is 14.2. The molecule has 0 radical (unpaired) electrons. The van der Waals surface area contributed by atoms with E-state index in [2.05, 4.69) is 0 Å². The van der Waals surface area contributed by atoms with Gasteiger partial charge in [0.1, 0.15) is 11.8 Å². The van der Waals surface area contributed by atoms with Crippen molar-refractivity contribution in [2.75, 3.05) is 25.6 Å². The van der Waals surface area contributed by atoms with E-state index in [0.29, 0.717) is 24.4 Å². The Morgan fingerprint density at radius 1 is 1.35 bits per heavy atom. The van der Waals surface area contributed by atoms with Gasteiger partial charge in [-0.1, -0.05) is 0 Å². The Balaban J connectivity index is 2.13. The lowest BCUT2D eigenvalue weighted by Gasteiger charge is -2.27. The minimum absolute atomic E-state index is 0.292. The summed E-state index contributed by atoms with van der Waals surface area (Å²) < 4.78 is 5.07. The van der Waals surface area contributed by atoms with Gasteiger partial charge in [-0.2, -0.15) is 0 Å². The minimum Gasteiger partial charge on any atom is -0.497 e. The van der Waals surface area contributed by atoms with E-state index in [9.17, 15) is 9.59 Å². The Morgan fingerprint density at radius 3 is 2.55 bits per heavy atom.